The molecule has 3 heterocycles. The van der Waals surface area contributed by atoms with Crippen LogP contribution >= 0.6 is 11.8 Å². The summed E-state index contributed by atoms with van der Waals surface area (Å²) < 4.78 is -0.745. The van der Waals surface area contributed by atoms with Crippen LogP contribution in [0.15, 0.2) is 73.8 Å². The van der Waals surface area contributed by atoms with Crippen LogP contribution in [-0.4, -0.2) is 74.4 Å². The van der Waals surface area contributed by atoms with Gasteiger partial charge in [-0.25, -0.2) is 0 Å². The fraction of sp³-hybridized carbons (Fsp3) is 0.441. The third kappa shape index (κ3) is 4.88. The Kier molecular flexibility index (Phi) is 8.67. The highest BCUT2D eigenvalue weighted by Gasteiger charge is 2.74. The molecule has 1 N–H and O–H groups in total. The van der Waals surface area contributed by atoms with Gasteiger partial charge in [0.2, 0.25) is 11.8 Å². The van der Waals surface area contributed by atoms with Crippen LogP contribution in [0.3, 0.4) is 0 Å². The number of aliphatic hydroxyl groups excluding tert-OH is 1. The molecule has 0 radical (unpaired) electrons. The summed E-state index contributed by atoms with van der Waals surface area (Å²) in [6, 6.07) is 14.4. The smallest absolute Gasteiger partial charge is 0.251 e. The number of hydrogen-bond acceptors (Lipinski definition) is 5. The molecular weight excluding hydrogens is 546 g/mol. The van der Waals surface area contributed by atoms with E-state index in [0.717, 1.165) is 28.8 Å². The molecule has 0 aliphatic carbocycles. The fourth-order valence-corrected chi connectivity index (χ4v) is 9.61. The summed E-state index contributed by atoms with van der Waals surface area (Å²) in [5, 5.41) is 10.2. The van der Waals surface area contributed by atoms with Gasteiger partial charge in [0.15, 0.2) is 0 Å². The average molecular weight is 588 g/mol. The molecule has 0 aromatic heterocycles. The van der Waals surface area contributed by atoms with E-state index >= 15 is 0 Å². The molecule has 6 atom stereocenters. The zero-order valence-corrected chi connectivity index (χ0v) is 25.6. The highest BCUT2D eigenvalue weighted by Crippen LogP contribution is 2.67. The van der Waals surface area contributed by atoms with Crippen molar-refractivity contribution in [2.24, 2.45) is 11.8 Å². The van der Waals surface area contributed by atoms with E-state index in [-0.39, 0.29) is 36.1 Å². The maximum absolute atomic E-state index is 14.8. The van der Waals surface area contributed by atoms with Gasteiger partial charge in [0.25, 0.3) is 5.91 Å². The summed E-state index contributed by atoms with van der Waals surface area (Å²) >= 11 is 1.65. The Bertz CT molecular complexity index is 1360. The molecule has 3 aliphatic heterocycles. The minimum absolute atomic E-state index is 0.0514. The first-order chi connectivity index (χ1) is 20.2. The first kappa shape index (κ1) is 30.1. The molecule has 8 heteroatoms. The number of carbonyl (C=O) groups is 3. The van der Waals surface area contributed by atoms with Crippen molar-refractivity contribution in [2.75, 3.05) is 24.6 Å². The van der Waals surface area contributed by atoms with E-state index in [2.05, 4.69) is 13.2 Å². The van der Waals surface area contributed by atoms with Crippen molar-refractivity contribution in [3.63, 3.8) is 0 Å². The molecular formula is C34H41N3O4S. The third-order valence-electron chi connectivity index (χ3n) is 9.16. The summed E-state index contributed by atoms with van der Waals surface area (Å²) in [6.07, 6.45) is 4.85. The number of aryl methyl sites for hydroxylation is 2. The number of carbonyl (C=O) groups excluding carboxylic acids is 3. The molecule has 3 amide bonds. The van der Waals surface area contributed by atoms with Gasteiger partial charge < -0.3 is 19.8 Å². The Hall–Kier alpha value is -3.36. The Morgan fingerprint density at radius 3 is 2.36 bits per heavy atom. The summed E-state index contributed by atoms with van der Waals surface area (Å²) in [5.41, 5.74) is 3.75. The molecule has 7 nitrogen and oxygen atoms in total. The standard InChI is InChI=1S/C34H41N3O4S/c1-6-18-35(20-25-14-9-8-10-15-25)31(39)27-26-16-17-34(42-26)28(27)32(40)37(24(5)21-38)30(34)33(41)36(19-7-2)29-22(3)12-11-13-23(29)4/h6-15,24,26-28,30,38H,1-2,16-21H2,3-5H3/t24-,26-,27+,28+,30?,34?/m1/s1. The van der Waals surface area contributed by atoms with E-state index in [1.807, 2.05) is 62.4 Å². The van der Waals surface area contributed by atoms with E-state index < -0.39 is 28.7 Å². The molecule has 1 spiro atoms. The lowest BCUT2D eigenvalue weighted by Crippen LogP contribution is -2.57. The number of likely N-dealkylation sites (tertiary alicyclic amines) is 1. The Morgan fingerprint density at radius 2 is 1.74 bits per heavy atom. The van der Waals surface area contributed by atoms with Crippen molar-refractivity contribution in [1.29, 1.82) is 0 Å². The second-order valence-electron chi connectivity index (χ2n) is 11.8. The van der Waals surface area contributed by atoms with E-state index in [0.29, 0.717) is 19.5 Å². The van der Waals surface area contributed by atoms with Crippen molar-refractivity contribution in [3.8, 4) is 0 Å². The van der Waals surface area contributed by atoms with Crippen LogP contribution in [0.4, 0.5) is 5.69 Å². The first-order valence-electron chi connectivity index (χ1n) is 14.7. The quantitative estimate of drug-likeness (QED) is 0.392. The molecule has 2 aromatic rings. The lowest BCUT2D eigenvalue weighted by molar-refractivity contribution is -0.145. The Morgan fingerprint density at radius 1 is 1.07 bits per heavy atom. The van der Waals surface area contributed by atoms with Crippen molar-refractivity contribution in [1.82, 2.24) is 9.80 Å². The number of para-hydroxylation sites is 1. The van der Waals surface area contributed by atoms with Gasteiger partial charge in [0.1, 0.15) is 6.04 Å². The van der Waals surface area contributed by atoms with Gasteiger partial charge in [0, 0.05) is 30.6 Å². The lowest BCUT2D eigenvalue weighted by Gasteiger charge is -2.39. The van der Waals surface area contributed by atoms with E-state index in [4.69, 9.17) is 0 Å². The fourth-order valence-electron chi connectivity index (χ4n) is 7.42. The minimum Gasteiger partial charge on any atom is -0.394 e. The topological polar surface area (TPSA) is 81.2 Å². The van der Waals surface area contributed by atoms with Gasteiger partial charge in [-0.3, -0.25) is 14.4 Å². The molecule has 2 unspecified atom stereocenters. The van der Waals surface area contributed by atoms with Crippen molar-refractivity contribution < 1.29 is 19.5 Å². The van der Waals surface area contributed by atoms with Crippen LogP contribution in [-0.2, 0) is 20.9 Å². The van der Waals surface area contributed by atoms with Crippen LogP contribution in [0, 0.1) is 25.7 Å². The third-order valence-corrected chi connectivity index (χ3v) is 11.1. The number of aliphatic hydroxyl groups is 1. The highest BCUT2D eigenvalue weighted by atomic mass is 32.2. The first-order valence-corrected chi connectivity index (χ1v) is 15.6. The summed E-state index contributed by atoms with van der Waals surface area (Å²) in [4.78, 5) is 48.6. The number of thioether (sulfide) groups is 1. The molecule has 5 rings (SSSR count). The number of benzene rings is 2. The molecule has 2 bridgehead atoms. The van der Waals surface area contributed by atoms with Crippen LogP contribution < -0.4 is 4.90 Å². The summed E-state index contributed by atoms with van der Waals surface area (Å²) in [5.74, 6) is -1.64. The van der Waals surface area contributed by atoms with E-state index in [1.54, 1.807) is 45.5 Å². The van der Waals surface area contributed by atoms with Crippen LogP contribution in [0.2, 0.25) is 0 Å². The number of amides is 3. The lowest BCUT2D eigenvalue weighted by atomic mass is 9.70. The van der Waals surface area contributed by atoms with Crippen LogP contribution in [0.25, 0.3) is 0 Å². The maximum atomic E-state index is 14.8. The zero-order valence-electron chi connectivity index (χ0n) is 24.7. The van der Waals surface area contributed by atoms with Gasteiger partial charge in [-0.05, 0) is 50.3 Å². The van der Waals surface area contributed by atoms with Crippen LogP contribution in [0.5, 0.6) is 0 Å². The number of rotatable bonds is 11. The largest absolute Gasteiger partial charge is 0.394 e. The molecule has 2 aromatic carbocycles. The predicted molar refractivity (Wildman–Crippen MR) is 168 cm³/mol. The number of anilines is 1. The van der Waals surface area contributed by atoms with Crippen molar-refractivity contribution in [2.45, 2.75) is 62.2 Å². The molecule has 3 fully saturated rings. The molecule has 42 heavy (non-hydrogen) atoms. The Labute approximate surface area is 253 Å². The predicted octanol–water partition coefficient (Wildman–Crippen LogP) is 4.51. The monoisotopic (exact) mass is 587 g/mol. The second kappa shape index (κ2) is 12.1. The summed E-state index contributed by atoms with van der Waals surface area (Å²) in [6.45, 7) is 14.3. The van der Waals surface area contributed by atoms with E-state index in [9.17, 15) is 19.5 Å². The van der Waals surface area contributed by atoms with Gasteiger partial charge in [-0.15, -0.1) is 24.9 Å². The molecule has 222 valence electrons. The maximum Gasteiger partial charge on any atom is 0.251 e. The Balaban J connectivity index is 1.56. The molecule has 3 aliphatic rings. The highest BCUT2D eigenvalue weighted by molar-refractivity contribution is 8.02. The van der Waals surface area contributed by atoms with Gasteiger partial charge in [-0.2, -0.15) is 0 Å². The van der Waals surface area contributed by atoms with Crippen LogP contribution in [0.1, 0.15) is 36.5 Å². The number of hydrogen-bond donors (Lipinski definition) is 1. The van der Waals surface area contributed by atoms with Gasteiger partial charge in [-0.1, -0.05) is 60.7 Å². The van der Waals surface area contributed by atoms with Gasteiger partial charge >= 0.3 is 0 Å². The summed E-state index contributed by atoms with van der Waals surface area (Å²) in [7, 11) is 0. The zero-order chi connectivity index (χ0) is 30.2. The molecule has 0 saturated carbocycles. The average Bonchev–Trinajstić information content (AvgIpc) is 3.63. The SMILES string of the molecule is C=CCN(Cc1ccccc1)C(=O)[C@@H]1[C@H]2C(=O)N([C@H](C)CO)C(C(=O)N(CC=C)c3c(C)cccc3C)C23CC[C@H]1S3. The minimum atomic E-state index is -0.800. The molecule has 3 saturated heterocycles. The van der Waals surface area contributed by atoms with Gasteiger partial charge in [0.05, 0.1) is 29.2 Å². The number of fused-ring (bicyclic) bond motifs is 1. The van der Waals surface area contributed by atoms with Crippen molar-refractivity contribution in [3.05, 3.63) is 90.5 Å². The van der Waals surface area contributed by atoms with E-state index in [1.165, 1.54) is 0 Å². The normalized spacial score (nSPS) is 26.6. The van der Waals surface area contributed by atoms with Crippen molar-refractivity contribution >= 4 is 35.2 Å². The second-order valence-corrected chi connectivity index (χ2v) is 13.4. The number of nitrogens with zero attached hydrogens (tertiary/aromatic N) is 3.